The van der Waals surface area contributed by atoms with Crippen molar-refractivity contribution >= 4 is 17.4 Å². The fraction of sp³-hybridized carbons (Fsp3) is 0.250. The fourth-order valence-corrected chi connectivity index (χ4v) is 2.44. The van der Waals surface area contributed by atoms with Gasteiger partial charge in [0.1, 0.15) is 5.75 Å². The smallest absolute Gasteiger partial charge is 0.121 e. The molecule has 0 bridgehead atoms. The van der Waals surface area contributed by atoms with Crippen LogP contribution in [0.5, 0.6) is 5.75 Å². The highest BCUT2D eigenvalue weighted by molar-refractivity contribution is 7.98. The molecule has 0 saturated heterocycles. The monoisotopic (exact) mass is 273 g/mol. The van der Waals surface area contributed by atoms with E-state index in [0.29, 0.717) is 5.75 Å². The summed E-state index contributed by atoms with van der Waals surface area (Å²) in [6.07, 6.45) is 2.06. The topological polar surface area (TPSA) is 32.3 Å². The van der Waals surface area contributed by atoms with Crippen LogP contribution in [0.15, 0.2) is 47.4 Å². The summed E-state index contributed by atoms with van der Waals surface area (Å²) in [5.74, 6) is 0.348. The van der Waals surface area contributed by atoms with Crippen molar-refractivity contribution in [1.29, 1.82) is 0 Å². The minimum absolute atomic E-state index is 0.0701. The lowest BCUT2D eigenvalue weighted by Gasteiger charge is -2.17. The van der Waals surface area contributed by atoms with Gasteiger partial charge in [-0.15, -0.1) is 11.8 Å². The summed E-state index contributed by atoms with van der Waals surface area (Å²) >= 11 is 1.73. The van der Waals surface area contributed by atoms with Gasteiger partial charge in [-0.2, -0.15) is 0 Å². The van der Waals surface area contributed by atoms with Crippen LogP contribution in [0.1, 0.15) is 24.1 Å². The van der Waals surface area contributed by atoms with Crippen molar-refractivity contribution in [3.8, 4) is 5.75 Å². The van der Waals surface area contributed by atoms with Crippen LogP contribution in [-0.4, -0.2) is 11.4 Å². The van der Waals surface area contributed by atoms with Crippen LogP contribution in [0.2, 0.25) is 0 Å². The maximum Gasteiger partial charge on any atom is 0.121 e. The van der Waals surface area contributed by atoms with E-state index in [1.807, 2.05) is 26.0 Å². The van der Waals surface area contributed by atoms with E-state index < -0.39 is 0 Å². The van der Waals surface area contributed by atoms with Crippen molar-refractivity contribution in [3.63, 3.8) is 0 Å². The molecule has 0 aromatic heterocycles. The van der Waals surface area contributed by atoms with Gasteiger partial charge in [-0.1, -0.05) is 12.1 Å². The van der Waals surface area contributed by atoms with E-state index in [1.165, 1.54) is 4.90 Å². The lowest BCUT2D eigenvalue weighted by atomic mass is 10.0. The van der Waals surface area contributed by atoms with Gasteiger partial charge in [-0.3, -0.25) is 0 Å². The van der Waals surface area contributed by atoms with Crippen molar-refractivity contribution < 1.29 is 5.11 Å². The Kier molecular flexibility index (Phi) is 4.38. The number of rotatable bonds is 4. The maximum absolute atomic E-state index is 9.98. The first kappa shape index (κ1) is 13.8. The zero-order valence-corrected chi connectivity index (χ0v) is 12.3. The van der Waals surface area contributed by atoms with Gasteiger partial charge >= 0.3 is 0 Å². The molecule has 2 rings (SSSR count). The number of thioether (sulfide) groups is 1. The first-order valence-electron chi connectivity index (χ1n) is 6.30. The number of hydrogen-bond donors (Lipinski definition) is 2. The second-order valence-corrected chi connectivity index (χ2v) is 5.54. The SMILES string of the molecule is CSc1ccc(NC(C)c2ccc(C)cc2O)cc1. The molecule has 1 atom stereocenters. The molecule has 2 aromatic carbocycles. The number of benzene rings is 2. The van der Waals surface area contributed by atoms with Gasteiger partial charge in [0.25, 0.3) is 0 Å². The summed E-state index contributed by atoms with van der Waals surface area (Å²) in [7, 11) is 0. The molecule has 2 aromatic rings. The highest BCUT2D eigenvalue weighted by Crippen LogP contribution is 2.28. The molecule has 2 N–H and O–H groups in total. The van der Waals surface area contributed by atoms with Crippen LogP contribution in [-0.2, 0) is 0 Å². The van der Waals surface area contributed by atoms with E-state index in [-0.39, 0.29) is 6.04 Å². The Bertz CT molecular complexity index is 551. The van der Waals surface area contributed by atoms with Crippen LogP contribution in [0, 0.1) is 6.92 Å². The number of phenols is 1. The fourth-order valence-electron chi connectivity index (χ4n) is 2.03. The number of aryl methyl sites for hydroxylation is 1. The van der Waals surface area contributed by atoms with Crippen LogP contribution in [0.3, 0.4) is 0 Å². The molecule has 0 saturated carbocycles. The molecule has 0 aliphatic carbocycles. The van der Waals surface area contributed by atoms with Crippen molar-refractivity contribution in [2.75, 3.05) is 11.6 Å². The number of nitrogens with one attached hydrogen (secondary N) is 1. The second-order valence-electron chi connectivity index (χ2n) is 4.66. The third-order valence-corrected chi connectivity index (χ3v) is 3.87. The Morgan fingerprint density at radius 3 is 2.37 bits per heavy atom. The Labute approximate surface area is 118 Å². The number of hydrogen-bond acceptors (Lipinski definition) is 3. The Morgan fingerprint density at radius 1 is 1.11 bits per heavy atom. The quantitative estimate of drug-likeness (QED) is 0.799. The third-order valence-electron chi connectivity index (χ3n) is 3.13. The van der Waals surface area contributed by atoms with Gasteiger partial charge in [0.05, 0.1) is 6.04 Å². The minimum atomic E-state index is 0.0701. The van der Waals surface area contributed by atoms with Gasteiger partial charge in [0.2, 0.25) is 0 Å². The van der Waals surface area contributed by atoms with Crippen LogP contribution >= 0.6 is 11.8 Å². The van der Waals surface area contributed by atoms with E-state index in [9.17, 15) is 5.11 Å². The Hall–Kier alpha value is -1.61. The molecule has 1 unspecified atom stereocenters. The standard InChI is InChI=1S/C16H19NOS/c1-11-4-9-15(16(18)10-11)12(2)17-13-5-7-14(19-3)8-6-13/h4-10,12,17-18H,1-3H3. The van der Waals surface area contributed by atoms with E-state index in [0.717, 1.165) is 16.8 Å². The van der Waals surface area contributed by atoms with E-state index >= 15 is 0 Å². The summed E-state index contributed by atoms with van der Waals surface area (Å²) in [4.78, 5) is 1.25. The van der Waals surface area contributed by atoms with Crippen LogP contribution in [0.25, 0.3) is 0 Å². The normalized spacial score (nSPS) is 12.2. The molecule has 0 aliphatic rings. The lowest BCUT2D eigenvalue weighted by molar-refractivity contribution is 0.465. The summed E-state index contributed by atoms with van der Waals surface area (Å²) in [5, 5.41) is 13.4. The highest BCUT2D eigenvalue weighted by atomic mass is 32.2. The zero-order chi connectivity index (χ0) is 13.8. The predicted octanol–water partition coefficient (Wildman–Crippen LogP) is 4.60. The minimum Gasteiger partial charge on any atom is -0.508 e. The van der Waals surface area contributed by atoms with Crippen molar-refractivity contribution in [2.45, 2.75) is 24.8 Å². The molecular formula is C16H19NOS. The molecule has 19 heavy (non-hydrogen) atoms. The molecule has 100 valence electrons. The summed E-state index contributed by atoms with van der Waals surface area (Å²) in [5.41, 5.74) is 3.04. The second kappa shape index (κ2) is 6.02. The molecule has 0 heterocycles. The highest BCUT2D eigenvalue weighted by Gasteiger charge is 2.10. The predicted molar refractivity (Wildman–Crippen MR) is 83.1 cm³/mol. The Balaban J connectivity index is 2.13. The summed E-state index contributed by atoms with van der Waals surface area (Å²) in [6.45, 7) is 4.02. The van der Waals surface area contributed by atoms with E-state index in [1.54, 1.807) is 17.8 Å². The van der Waals surface area contributed by atoms with Crippen LogP contribution in [0.4, 0.5) is 5.69 Å². The van der Waals surface area contributed by atoms with Gasteiger partial charge in [-0.25, -0.2) is 0 Å². The lowest BCUT2D eigenvalue weighted by Crippen LogP contribution is -2.06. The summed E-state index contributed by atoms with van der Waals surface area (Å²) < 4.78 is 0. The van der Waals surface area contributed by atoms with Crippen molar-refractivity contribution in [1.82, 2.24) is 0 Å². The van der Waals surface area contributed by atoms with Gasteiger partial charge in [-0.05, 0) is 56.0 Å². The number of aromatic hydroxyl groups is 1. The molecule has 0 spiro atoms. The average molecular weight is 273 g/mol. The first-order valence-corrected chi connectivity index (χ1v) is 7.52. The molecular weight excluding hydrogens is 254 g/mol. The molecule has 3 heteroatoms. The van der Waals surface area contributed by atoms with Crippen molar-refractivity contribution in [2.24, 2.45) is 0 Å². The average Bonchev–Trinajstić information content (AvgIpc) is 2.39. The molecule has 2 nitrogen and oxygen atoms in total. The largest absolute Gasteiger partial charge is 0.508 e. The first-order chi connectivity index (χ1) is 9.10. The van der Waals surface area contributed by atoms with Crippen molar-refractivity contribution in [3.05, 3.63) is 53.6 Å². The van der Waals surface area contributed by atoms with Gasteiger partial charge < -0.3 is 10.4 Å². The third kappa shape index (κ3) is 3.44. The molecule has 0 radical (unpaired) electrons. The Morgan fingerprint density at radius 2 is 1.79 bits per heavy atom. The van der Waals surface area contributed by atoms with Gasteiger partial charge in [0.15, 0.2) is 0 Å². The molecule has 0 amide bonds. The van der Waals surface area contributed by atoms with E-state index in [2.05, 4.69) is 35.8 Å². The number of phenolic OH excluding ortho intramolecular Hbond substituents is 1. The summed E-state index contributed by atoms with van der Waals surface area (Å²) in [6, 6.07) is 14.2. The molecule has 0 aliphatic heterocycles. The zero-order valence-electron chi connectivity index (χ0n) is 11.5. The van der Waals surface area contributed by atoms with Gasteiger partial charge in [0, 0.05) is 16.1 Å². The maximum atomic E-state index is 9.98. The number of anilines is 1. The molecule has 0 fully saturated rings. The van der Waals surface area contributed by atoms with E-state index in [4.69, 9.17) is 0 Å². The van der Waals surface area contributed by atoms with Crippen LogP contribution < -0.4 is 5.32 Å².